The number of sulfonamides is 1. The molecule has 0 bridgehead atoms. The molecule has 4 aromatic carbocycles. The summed E-state index contributed by atoms with van der Waals surface area (Å²) in [4.78, 5) is 30.3. The predicted molar refractivity (Wildman–Crippen MR) is 183 cm³/mol. The van der Waals surface area contributed by atoms with Gasteiger partial charge in [-0.05, 0) is 74.2 Å². The van der Waals surface area contributed by atoms with Crippen LogP contribution in [-0.2, 0) is 32.6 Å². The lowest BCUT2D eigenvalue weighted by Crippen LogP contribution is -2.54. The van der Waals surface area contributed by atoms with Gasteiger partial charge in [0, 0.05) is 24.0 Å². The van der Waals surface area contributed by atoms with Crippen molar-refractivity contribution >= 4 is 39.1 Å². The summed E-state index contributed by atoms with van der Waals surface area (Å²) < 4.78 is 29.4. The fourth-order valence-corrected chi connectivity index (χ4v) is 7.44. The Hall–Kier alpha value is -4.14. The molecule has 4 aromatic rings. The zero-order valence-corrected chi connectivity index (χ0v) is 27.8. The fraction of sp³-hybridized carbons (Fsp3) is 0.297. The zero-order chi connectivity index (χ0) is 32.7. The quantitative estimate of drug-likeness (QED) is 0.181. The number of nitrogens with zero attached hydrogens (tertiary/aromatic N) is 2. The molecular weight excluding hydrogens is 618 g/mol. The van der Waals surface area contributed by atoms with Crippen molar-refractivity contribution in [3.8, 4) is 0 Å². The van der Waals surface area contributed by atoms with E-state index in [-0.39, 0.29) is 29.8 Å². The van der Waals surface area contributed by atoms with Crippen molar-refractivity contribution in [3.63, 3.8) is 0 Å². The van der Waals surface area contributed by atoms with Crippen molar-refractivity contribution in [2.75, 3.05) is 10.8 Å². The maximum atomic E-state index is 14.6. The maximum absolute atomic E-state index is 14.6. The first-order valence-corrected chi connectivity index (χ1v) is 17.5. The van der Waals surface area contributed by atoms with Crippen LogP contribution in [0.15, 0.2) is 108 Å². The number of halogens is 1. The number of anilines is 1. The smallest absolute Gasteiger partial charge is 0.264 e. The van der Waals surface area contributed by atoms with Gasteiger partial charge in [-0.3, -0.25) is 13.9 Å². The van der Waals surface area contributed by atoms with Crippen LogP contribution in [0.25, 0.3) is 0 Å². The van der Waals surface area contributed by atoms with Crippen molar-refractivity contribution < 1.29 is 18.0 Å². The fourth-order valence-electron chi connectivity index (χ4n) is 5.90. The van der Waals surface area contributed by atoms with Crippen LogP contribution in [0, 0.1) is 13.8 Å². The number of rotatable bonds is 12. The van der Waals surface area contributed by atoms with Crippen LogP contribution in [-0.4, -0.2) is 43.8 Å². The van der Waals surface area contributed by atoms with Crippen LogP contribution in [0.4, 0.5) is 5.69 Å². The van der Waals surface area contributed by atoms with E-state index in [9.17, 15) is 18.0 Å². The molecule has 0 spiro atoms. The van der Waals surface area contributed by atoms with Crippen molar-refractivity contribution in [2.24, 2.45) is 0 Å². The Kier molecular flexibility index (Phi) is 10.8. The van der Waals surface area contributed by atoms with E-state index in [0.717, 1.165) is 52.2 Å². The van der Waals surface area contributed by atoms with Crippen molar-refractivity contribution in [1.82, 2.24) is 10.2 Å². The van der Waals surface area contributed by atoms with Crippen LogP contribution in [0.2, 0.25) is 5.02 Å². The minimum Gasteiger partial charge on any atom is -0.352 e. The lowest BCUT2D eigenvalue weighted by Gasteiger charge is -2.34. The third kappa shape index (κ3) is 8.36. The molecule has 0 aromatic heterocycles. The Morgan fingerprint density at radius 3 is 2.13 bits per heavy atom. The van der Waals surface area contributed by atoms with E-state index >= 15 is 0 Å². The minimum atomic E-state index is -4.19. The van der Waals surface area contributed by atoms with Crippen molar-refractivity contribution in [2.45, 2.75) is 69.5 Å². The number of nitrogens with one attached hydrogen (secondary N) is 1. The lowest BCUT2D eigenvalue weighted by atomic mass is 10.0. The lowest BCUT2D eigenvalue weighted by molar-refractivity contribution is -0.140. The number of aryl methyl sites for hydroxylation is 2. The molecule has 0 saturated heterocycles. The highest BCUT2D eigenvalue weighted by Gasteiger charge is 2.35. The molecule has 0 radical (unpaired) electrons. The number of benzene rings is 4. The summed E-state index contributed by atoms with van der Waals surface area (Å²) in [6, 6.07) is 29.5. The van der Waals surface area contributed by atoms with E-state index in [1.807, 2.05) is 80.6 Å². The third-order valence-electron chi connectivity index (χ3n) is 8.41. The summed E-state index contributed by atoms with van der Waals surface area (Å²) in [5.41, 5.74) is 4.07. The molecule has 1 aliphatic carbocycles. The summed E-state index contributed by atoms with van der Waals surface area (Å²) in [6.45, 7) is 3.52. The summed E-state index contributed by atoms with van der Waals surface area (Å²) in [5, 5.41) is 3.61. The average Bonchev–Trinajstić information content (AvgIpc) is 3.55. The summed E-state index contributed by atoms with van der Waals surface area (Å²) >= 11 is 6.07. The van der Waals surface area contributed by atoms with Gasteiger partial charge < -0.3 is 10.2 Å². The zero-order valence-electron chi connectivity index (χ0n) is 26.2. The van der Waals surface area contributed by atoms with Gasteiger partial charge in [0.1, 0.15) is 12.6 Å². The Bertz CT molecular complexity index is 1740. The minimum absolute atomic E-state index is 0.00956. The molecule has 2 amide bonds. The second-order valence-electron chi connectivity index (χ2n) is 12.0. The van der Waals surface area contributed by atoms with Crippen LogP contribution in [0.1, 0.15) is 47.9 Å². The molecule has 240 valence electrons. The van der Waals surface area contributed by atoms with Gasteiger partial charge in [-0.25, -0.2) is 8.42 Å². The summed E-state index contributed by atoms with van der Waals surface area (Å²) in [5.74, 6) is -0.721. The number of amides is 2. The normalized spacial score (nSPS) is 14.1. The standard InChI is InChI=1S/C37H40ClN3O4S/c1-27-15-19-33(20-16-27)41(46(44,45)34-21-17-31(38)18-22-34)26-36(42)40(25-30-12-8-9-28(2)23-30)35(24-29-10-4-3-5-11-29)37(43)39-32-13-6-7-14-32/h3-5,8-12,15-23,32,35H,6-7,13-14,24-26H2,1-2H3,(H,39,43)/t35-/m0/s1. The second kappa shape index (κ2) is 15.0. The molecular formula is C37H40ClN3O4S. The number of carbonyl (C=O) groups is 2. The molecule has 46 heavy (non-hydrogen) atoms. The van der Waals surface area contributed by atoms with Crippen LogP contribution < -0.4 is 9.62 Å². The van der Waals surface area contributed by atoms with Gasteiger partial charge in [-0.1, -0.05) is 102 Å². The van der Waals surface area contributed by atoms with Crippen LogP contribution in [0.3, 0.4) is 0 Å². The molecule has 1 atom stereocenters. The highest BCUT2D eigenvalue weighted by atomic mass is 35.5. The molecule has 5 rings (SSSR count). The van der Waals surface area contributed by atoms with E-state index in [1.165, 1.54) is 24.3 Å². The van der Waals surface area contributed by atoms with Gasteiger partial charge in [0.25, 0.3) is 10.0 Å². The molecule has 1 aliphatic rings. The largest absolute Gasteiger partial charge is 0.352 e. The van der Waals surface area contributed by atoms with Gasteiger partial charge in [-0.15, -0.1) is 0 Å². The molecule has 1 N–H and O–H groups in total. The molecule has 0 aliphatic heterocycles. The van der Waals surface area contributed by atoms with E-state index in [1.54, 1.807) is 17.0 Å². The Morgan fingerprint density at radius 2 is 1.48 bits per heavy atom. The van der Waals surface area contributed by atoms with E-state index in [2.05, 4.69) is 5.32 Å². The monoisotopic (exact) mass is 657 g/mol. The Labute approximate surface area is 277 Å². The molecule has 7 nitrogen and oxygen atoms in total. The summed E-state index contributed by atoms with van der Waals surface area (Å²) in [6.07, 6.45) is 4.18. The average molecular weight is 658 g/mol. The SMILES string of the molecule is Cc1ccc(N(CC(=O)N(Cc2cccc(C)c2)[C@@H](Cc2ccccc2)C(=O)NC2CCCC2)S(=O)(=O)c2ccc(Cl)cc2)cc1. The van der Waals surface area contributed by atoms with Crippen molar-refractivity contribution in [1.29, 1.82) is 0 Å². The van der Waals surface area contributed by atoms with Gasteiger partial charge in [0.05, 0.1) is 10.6 Å². The Balaban J connectivity index is 1.56. The van der Waals surface area contributed by atoms with E-state index < -0.39 is 28.5 Å². The van der Waals surface area contributed by atoms with E-state index in [4.69, 9.17) is 11.6 Å². The number of hydrogen-bond donors (Lipinski definition) is 1. The van der Waals surface area contributed by atoms with Crippen LogP contribution in [0.5, 0.6) is 0 Å². The third-order valence-corrected chi connectivity index (χ3v) is 10.5. The molecule has 0 unspecified atom stereocenters. The van der Waals surface area contributed by atoms with Gasteiger partial charge in [0.15, 0.2) is 0 Å². The first-order valence-electron chi connectivity index (χ1n) is 15.6. The van der Waals surface area contributed by atoms with Gasteiger partial charge in [0.2, 0.25) is 11.8 Å². The first-order chi connectivity index (χ1) is 22.1. The van der Waals surface area contributed by atoms with Crippen molar-refractivity contribution in [3.05, 3.63) is 130 Å². The molecule has 1 fully saturated rings. The predicted octanol–water partition coefficient (Wildman–Crippen LogP) is 6.85. The molecule has 1 saturated carbocycles. The number of carbonyl (C=O) groups excluding carboxylic acids is 2. The number of hydrogen-bond acceptors (Lipinski definition) is 4. The van der Waals surface area contributed by atoms with Crippen LogP contribution >= 0.6 is 11.6 Å². The maximum Gasteiger partial charge on any atom is 0.264 e. The first kappa shape index (κ1) is 33.2. The Morgan fingerprint density at radius 1 is 0.826 bits per heavy atom. The van der Waals surface area contributed by atoms with Gasteiger partial charge >= 0.3 is 0 Å². The van der Waals surface area contributed by atoms with Gasteiger partial charge in [-0.2, -0.15) is 0 Å². The molecule has 0 heterocycles. The highest BCUT2D eigenvalue weighted by Crippen LogP contribution is 2.27. The second-order valence-corrected chi connectivity index (χ2v) is 14.3. The highest BCUT2D eigenvalue weighted by molar-refractivity contribution is 7.92. The molecule has 9 heteroatoms. The topological polar surface area (TPSA) is 86.8 Å². The van der Waals surface area contributed by atoms with E-state index in [0.29, 0.717) is 10.7 Å². The summed E-state index contributed by atoms with van der Waals surface area (Å²) in [7, 11) is -4.19.